The van der Waals surface area contributed by atoms with Crippen LogP contribution in [0.25, 0.3) is 0 Å². The molecule has 0 saturated carbocycles. The second-order valence-electron chi connectivity index (χ2n) is 2.47. The van der Waals surface area contributed by atoms with Gasteiger partial charge in [0.25, 0.3) is 0 Å². The van der Waals surface area contributed by atoms with Gasteiger partial charge in [-0.05, 0) is 6.42 Å². The van der Waals surface area contributed by atoms with Gasteiger partial charge in [0.1, 0.15) is 11.6 Å². The van der Waals surface area contributed by atoms with Crippen LogP contribution in [-0.2, 0) is 14.3 Å². The molecular weight excluding hydrogens is 198 g/mol. The Morgan fingerprint density at radius 1 is 1.47 bits per heavy atom. The Labute approximate surface area is 89.0 Å². The first-order valence-corrected chi connectivity index (χ1v) is 4.47. The van der Waals surface area contributed by atoms with Crippen LogP contribution >= 0.6 is 0 Å². The maximum atomic E-state index is 10.6. The number of ether oxygens (including phenoxy) is 1. The molecule has 0 aromatic heterocycles. The molecule has 0 aliphatic heterocycles. The van der Waals surface area contributed by atoms with Crippen LogP contribution in [0.4, 0.5) is 0 Å². The zero-order valence-electron chi connectivity index (χ0n) is 8.95. The number of carboxylic acids is 1. The number of hydrogen-bond acceptors (Lipinski definition) is 4. The van der Waals surface area contributed by atoms with Crippen molar-refractivity contribution in [2.75, 3.05) is 6.61 Å². The van der Waals surface area contributed by atoms with Gasteiger partial charge in [0, 0.05) is 6.42 Å². The summed E-state index contributed by atoms with van der Waals surface area (Å²) in [6.45, 7) is 7.01. The summed E-state index contributed by atoms with van der Waals surface area (Å²) in [5, 5.41) is 15.9. The molecule has 5 heteroatoms. The van der Waals surface area contributed by atoms with Crippen molar-refractivity contribution in [3.8, 4) is 6.07 Å². The molecule has 0 aliphatic rings. The van der Waals surface area contributed by atoms with Crippen LogP contribution in [0.5, 0.6) is 0 Å². The van der Waals surface area contributed by atoms with E-state index in [1.54, 1.807) is 13.0 Å². The average Bonchev–Trinajstić information content (AvgIpc) is 2.25. The van der Waals surface area contributed by atoms with E-state index in [2.05, 4.69) is 11.3 Å². The number of nitrogens with zero attached hydrogens (tertiary/aromatic N) is 1. The molecule has 0 spiro atoms. The minimum absolute atomic E-state index is 0.145. The van der Waals surface area contributed by atoms with E-state index in [1.807, 2.05) is 6.92 Å². The van der Waals surface area contributed by atoms with E-state index in [0.29, 0.717) is 6.61 Å². The van der Waals surface area contributed by atoms with Crippen molar-refractivity contribution in [3.05, 3.63) is 12.2 Å². The number of hydrogen-bond donors (Lipinski definition) is 1. The Morgan fingerprint density at radius 2 is 1.93 bits per heavy atom. The van der Waals surface area contributed by atoms with Crippen LogP contribution in [0.2, 0.25) is 0 Å². The van der Waals surface area contributed by atoms with Crippen LogP contribution in [0.1, 0.15) is 26.7 Å². The highest BCUT2D eigenvalue weighted by Gasteiger charge is 2.04. The van der Waals surface area contributed by atoms with Crippen LogP contribution in [0, 0.1) is 11.3 Å². The normalized spacial score (nSPS) is 7.80. The number of carbonyl (C=O) groups excluding carboxylic acids is 1. The average molecular weight is 213 g/mol. The van der Waals surface area contributed by atoms with Gasteiger partial charge in [0.05, 0.1) is 6.61 Å². The standard InChI is InChI=1S/C7H9NO2.C3H6O2/c1-3-4-10-7(9)6(2)5-8;1-2-3(4)5/h2-4H2,1H3;2H2,1H3,(H,4,5). The van der Waals surface area contributed by atoms with E-state index >= 15 is 0 Å². The molecule has 0 amide bonds. The Kier molecular flexibility index (Phi) is 10.7. The summed E-state index contributed by atoms with van der Waals surface area (Å²) in [4.78, 5) is 20.0. The number of aliphatic carboxylic acids is 1. The van der Waals surface area contributed by atoms with Crippen molar-refractivity contribution >= 4 is 11.9 Å². The predicted molar refractivity (Wildman–Crippen MR) is 53.9 cm³/mol. The fourth-order valence-corrected chi connectivity index (χ4v) is 0.328. The van der Waals surface area contributed by atoms with Gasteiger partial charge in [-0.3, -0.25) is 4.79 Å². The van der Waals surface area contributed by atoms with Crippen molar-refractivity contribution in [2.45, 2.75) is 26.7 Å². The lowest BCUT2D eigenvalue weighted by atomic mass is 10.3. The van der Waals surface area contributed by atoms with E-state index in [9.17, 15) is 9.59 Å². The van der Waals surface area contributed by atoms with E-state index in [4.69, 9.17) is 10.4 Å². The third kappa shape index (κ3) is 12.2. The van der Waals surface area contributed by atoms with Gasteiger partial charge in [-0.25, -0.2) is 4.79 Å². The molecule has 0 aromatic carbocycles. The third-order valence-corrected chi connectivity index (χ3v) is 1.12. The maximum absolute atomic E-state index is 10.6. The Hall–Kier alpha value is -1.83. The fourth-order valence-electron chi connectivity index (χ4n) is 0.328. The minimum atomic E-state index is -0.745. The molecule has 0 fully saturated rings. The Balaban J connectivity index is 0. The molecule has 0 aromatic rings. The molecule has 0 heterocycles. The van der Waals surface area contributed by atoms with Crippen molar-refractivity contribution in [3.63, 3.8) is 0 Å². The summed E-state index contributed by atoms with van der Waals surface area (Å²) in [5.74, 6) is -1.37. The van der Waals surface area contributed by atoms with E-state index in [1.165, 1.54) is 0 Å². The predicted octanol–water partition coefficient (Wildman–Crippen LogP) is 1.50. The molecule has 0 rings (SSSR count). The first-order chi connectivity index (χ1) is 6.99. The van der Waals surface area contributed by atoms with Gasteiger partial charge in [-0.2, -0.15) is 5.26 Å². The molecule has 1 N–H and O–H groups in total. The summed E-state index contributed by atoms with van der Waals surface area (Å²) in [6.07, 6.45) is 0.977. The molecule has 0 unspecified atom stereocenters. The molecular formula is C10H15NO4. The monoisotopic (exact) mass is 213 g/mol. The fraction of sp³-hybridized carbons (Fsp3) is 0.500. The topological polar surface area (TPSA) is 87.4 Å². The van der Waals surface area contributed by atoms with Crippen molar-refractivity contribution < 1.29 is 19.4 Å². The van der Waals surface area contributed by atoms with Crippen molar-refractivity contribution in [1.82, 2.24) is 0 Å². The summed E-state index contributed by atoms with van der Waals surface area (Å²) >= 11 is 0. The lowest BCUT2D eigenvalue weighted by Gasteiger charge is -1.98. The second kappa shape index (κ2) is 10.3. The maximum Gasteiger partial charge on any atom is 0.348 e. The van der Waals surface area contributed by atoms with Crippen LogP contribution in [0.3, 0.4) is 0 Å². The highest BCUT2D eigenvalue weighted by Crippen LogP contribution is 1.92. The zero-order chi connectivity index (χ0) is 12.3. The number of rotatable bonds is 4. The van der Waals surface area contributed by atoms with Crippen molar-refractivity contribution in [2.24, 2.45) is 0 Å². The van der Waals surface area contributed by atoms with E-state index in [-0.39, 0.29) is 12.0 Å². The molecule has 15 heavy (non-hydrogen) atoms. The van der Waals surface area contributed by atoms with Crippen LogP contribution in [0.15, 0.2) is 12.2 Å². The summed E-state index contributed by atoms with van der Waals surface area (Å²) in [6, 6.07) is 1.60. The lowest BCUT2D eigenvalue weighted by Crippen LogP contribution is -2.05. The van der Waals surface area contributed by atoms with Gasteiger partial charge in [-0.15, -0.1) is 0 Å². The molecule has 0 aliphatic carbocycles. The Morgan fingerprint density at radius 3 is 2.20 bits per heavy atom. The van der Waals surface area contributed by atoms with E-state index < -0.39 is 11.9 Å². The smallest absolute Gasteiger partial charge is 0.348 e. The molecule has 0 saturated heterocycles. The largest absolute Gasteiger partial charge is 0.481 e. The van der Waals surface area contributed by atoms with Crippen molar-refractivity contribution in [1.29, 1.82) is 5.26 Å². The van der Waals surface area contributed by atoms with Gasteiger partial charge in [0.15, 0.2) is 0 Å². The molecule has 0 radical (unpaired) electrons. The van der Waals surface area contributed by atoms with Gasteiger partial charge in [0.2, 0.25) is 0 Å². The third-order valence-electron chi connectivity index (χ3n) is 1.12. The van der Waals surface area contributed by atoms with Gasteiger partial charge in [-0.1, -0.05) is 20.4 Å². The summed E-state index contributed by atoms with van der Waals surface area (Å²) < 4.78 is 4.58. The molecule has 0 bridgehead atoms. The first-order valence-electron chi connectivity index (χ1n) is 4.47. The lowest BCUT2D eigenvalue weighted by molar-refractivity contribution is -0.138. The molecule has 5 nitrogen and oxygen atoms in total. The van der Waals surface area contributed by atoms with Gasteiger partial charge < -0.3 is 9.84 Å². The minimum Gasteiger partial charge on any atom is -0.481 e. The highest BCUT2D eigenvalue weighted by molar-refractivity contribution is 5.91. The van der Waals surface area contributed by atoms with Crippen LogP contribution < -0.4 is 0 Å². The molecule has 0 atom stereocenters. The number of esters is 1. The second-order valence-corrected chi connectivity index (χ2v) is 2.47. The first kappa shape index (κ1) is 15.6. The number of carboxylic acid groups (broad SMARTS) is 1. The summed E-state index contributed by atoms with van der Waals surface area (Å²) in [5.41, 5.74) is -0.145. The van der Waals surface area contributed by atoms with Crippen LogP contribution in [-0.4, -0.2) is 23.7 Å². The SMILES string of the molecule is C=C(C#N)C(=O)OCCC.CCC(=O)O. The quantitative estimate of drug-likeness (QED) is 0.434. The van der Waals surface area contributed by atoms with Gasteiger partial charge >= 0.3 is 11.9 Å². The molecule has 84 valence electrons. The van der Waals surface area contributed by atoms with E-state index in [0.717, 1.165) is 6.42 Å². The highest BCUT2D eigenvalue weighted by atomic mass is 16.5. The summed E-state index contributed by atoms with van der Waals surface area (Å²) in [7, 11) is 0. The zero-order valence-corrected chi connectivity index (χ0v) is 8.95. The number of nitriles is 1. The number of carbonyl (C=O) groups is 2. The Bertz CT molecular complexity index is 265.